The van der Waals surface area contributed by atoms with Crippen molar-refractivity contribution in [2.45, 2.75) is 39.7 Å². The zero-order valence-corrected chi connectivity index (χ0v) is 24.8. The van der Waals surface area contributed by atoms with Gasteiger partial charge in [-0.25, -0.2) is 19.2 Å². The highest BCUT2D eigenvalue weighted by molar-refractivity contribution is 5.92. The topological polar surface area (TPSA) is 86.5 Å². The summed E-state index contributed by atoms with van der Waals surface area (Å²) in [5.74, 6) is -0.309. The molecule has 2 aromatic heterocycles. The average molecular weight is 582 g/mol. The van der Waals surface area contributed by atoms with Crippen molar-refractivity contribution in [3.63, 3.8) is 0 Å². The number of imidazole rings is 1. The molecule has 0 bridgehead atoms. The van der Waals surface area contributed by atoms with Crippen LogP contribution >= 0.6 is 0 Å². The van der Waals surface area contributed by atoms with Gasteiger partial charge in [0.1, 0.15) is 18.2 Å². The molecule has 5 rings (SSSR count). The van der Waals surface area contributed by atoms with Crippen LogP contribution in [0.25, 0.3) is 22.3 Å². The van der Waals surface area contributed by atoms with E-state index >= 15 is 4.39 Å². The van der Waals surface area contributed by atoms with Crippen molar-refractivity contribution in [1.29, 1.82) is 0 Å². The van der Waals surface area contributed by atoms with Crippen LogP contribution < -0.4 is 4.74 Å². The number of ether oxygens (including phenoxy) is 2. The number of pyridine rings is 1. The Kier molecular flexibility index (Phi) is 8.87. The summed E-state index contributed by atoms with van der Waals surface area (Å²) in [5.41, 5.74) is 5.75. The first-order chi connectivity index (χ1) is 20.7. The fraction of sp³-hybridized carbons (Fsp3) is 0.286. The van der Waals surface area contributed by atoms with Gasteiger partial charge in [0.05, 0.1) is 28.9 Å². The maximum atomic E-state index is 15.4. The summed E-state index contributed by atoms with van der Waals surface area (Å²) in [4.78, 5) is 20.8. The van der Waals surface area contributed by atoms with Crippen LogP contribution in [0.1, 0.15) is 48.4 Å². The number of allylic oxidation sites excluding steroid dienone is 4. The van der Waals surface area contributed by atoms with E-state index in [1.165, 1.54) is 30.5 Å². The molecule has 43 heavy (non-hydrogen) atoms. The second-order valence-corrected chi connectivity index (χ2v) is 11.2. The highest BCUT2D eigenvalue weighted by Gasteiger charge is 2.39. The summed E-state index contributed by atoms with van der Waals surface area (Å²) in [6.07, 6.45) is 8.73. The van der Waals surface area contributed by atoms with Gasteiger partial charge in [-0.3, -0.25) is 0 Å². The van der Waals surface area contributed by atoms with Crippen LogP contribution in [0.3, 0.4) is 0 Å². The molecule has 0 aliphatic heterocycles. The maximum Gasteiger partial charge on any atom is 0.335 e. The summed E-state index contributed by atoms with van der Waals surface area (Å²) in [7, 11) is 1.60. The number of carbonyl (C=O) groups is 1. The summed E-state index contributed by atoms with van der Waals surface area (Å²) >= 11 is 0. The first kappa shape index (κ1) is 29.9. The molecule has 0 saturated heterocycles. The number of hydrogen-bond acceptors (Lipinski definition) is 5. The molecule has 0 spiro atoms. The first-order valence-corrected chi connectivity index (χ1v) is 14.3. The number of hydrogen-bond donors (Lipinski definition) is 1. The molecule has 0 atom stereocenters. The molecule has 2 heterocycles. The molecule has 0 radical (unpaired) electrons. The van der Waals surface area contributed by atoms with E-state index in [-0.39, 0.29) is 23.2 Å². The van der Waals surface area contributed by atoms with E-state index in [1.54, 1.807) is 31.4 Å². The molecule has 8 heteroatoms. The Labute approximate surface area is 251 Å². The first-order valence-electron chi connectivity index (χ1n) is 14.3. The number of carboxylic acid groups (broad SMARTS) is 1. The lowest BCUT2D eigenvalue weighted by Gasteiger charge is -2.11. The second-order valence-electron chi connectivity index (χ2n) is 11.2. The molecule has 7 nitrogen and oxygen atoms in total. The van der Waals surface area contributed by atoms with Crippen LogP contribution in [0, 0.1) is 11.2 Å². The molecule has 2 aromatic carbocycles. The van der Waals surface area contributed by atoms with Crippen LogP contribution in [0.15, 0.2) is 90.6 Å². The zero-order valence-electron chi connectivity index (χ0n) is 24.8. The standard InChI is InChI=1S/C35H36FN3O4/c1-5-27(35(3)15-16-35)13-9-23(2)22-43-33-8-6-7-29(38-33)25-11-10-24(28(36)19-25)21-32-37-30-14-12-26(34(40)41)20-31(30)39(32)17-18-42-4/h5-14,19-20H,1,15-18,21-22H2,2-4H3,(H,40,41)/b23-9+,27-13+. The van der Waals surface area contributed by atoms with Crippen LogP contribution in [-0.4, -0.2) is 45.9 Å². The summed E-state index contributed by atoms with van der Waals surface area (Å²) < 4.78 is 28.5. The molecule has 1 N–H and O–H groups in total. The van der Waals surface area contributed by atoms with Crippen molar-refractivity contribution < 1.29 is 23.8 Å². The summed E-state index contributed by atoms with van der Waals surface area (Å²) in [5, 5.41) is 9.43. The second kappa shape index (κ2) is 12.8. The van der Waals surface area contributed by atoms with Crippen LogP contribution in [0.5, 0.6) is 5.88 Å². The monoisotopic (exact) mass is 581 g/mol. The van der Waals surface area contributed by atoms with Crippen molar-refractivity contribution in [2.24, 2.45) is 5.41 Å². The van der Waals surface area contributed by atoms with Crippen molar-refractivity contribution in [3.05, 3.63) is 113 Å². The number of benzene rings is 2. The van der Waals surface area contributed by atoms with Gasteiger partial charge in [0.15, 0.2) is 0 Å². The van der Waals surface area contributed by atoms with Crippen LogP contribution in [0.2, 0.25) is 0 Å². The Morgan fingerprint density at radius 2 is 1.95 bits per heavy atom. The van der Waals surface area contributed by atoms with Crippen molar-refractivity contribution in [3.8, 4) is 17.1 Å². The van der Waals surface area contributed by atoms with Crippen molar-refractivity contribution in [2.75, 3.05) is 20.3 Å². The Morgan fingerprint density at radius 1 is 1.14 bits per heavy atom. The molecule has 1 fully saturated rings. The van der Waals surface area contributed by atoms with Crippen molar-refractivity contribution in [1.82, 2.24) is 14.5 Å². The highest BCUT2D eigenvalue weighted by atomic mass is 19.1. The predicted molar refractivity (Wildman–Crippen MR) is 166 cm³/mol. The van der Waals surface area contributed by atoms with E-state index < -0.39 is 5.97 Å². The van der Waals surface area contributed by atoms with Gasteiger partial charge in [0.25, 0.3) is 0 Å². The lowest BCUT2D eigenvalue weighted by molar-refractivity contribution is 0.0697. The minimum atomic E-state index is -1.02. The van der Waals surface area contributed by atoms with Gasteiger partial charge in [-0.2, -0.15) is 0 Å². The molecular weight excluding hydrogens is 545 g/mol. The van der Waals surface area contributed by atoms with Gasteiger partial charge in [0.2, 0.25) is 5.88 Å². The Morgan fingerprint density at radius 3 is 2.65 bits per heavy atom. The minimum absolute atomic E-state index is 0.166. The predicted octanol–water partition coefficient (Wildman–Crippen LogP) is 7.41. The molecule has 222 valence electrons. The fourth-order valence-corrected chi connectivity index (χ4v) is 5.01. The molecule has 1 saturated carbocycles. The highest BCUT2D eigenvalue weighted by Crippen LogP contribution is 2.51. The van der Waals surface area contributed by atoms with Gasteiger partial charge < -0.3 is 19.1 Å². The SMILES string of the molecule is C=C/C(=C\C=C(/C)COc1cccc(-c2ccc(Cc3nc4ccc(C(=O)O)cc4n3CCOC)c(F)c2)n1)C1(C)CC1. The largest absolute Gasteiger partial charge is 0.478 e. The number of nitrogens with zero attached hydrogens (tertiary/aromatic N) is 3. The normalized spacial score (nSPS) is 14.6. The van der Waals surface area contributed by atoms with E-state index in [4.69, 9.17) is 9.47 Å². The van der Waals surface area contributed by atoms with E-state index in [2.05, 4.69) is 35.6 Å². The minimum Gasteiger partial charge on any atom is -0.478 e. The number of aromatic carboxylic acids is 1. The third kappa shape index (κ3) is 6.92. The fourth-order valence-electron chi connectivity index (χ4n) is 5.01. The quantitative estimate of drug-likeness (QED) is 0.166. The van der Waals surface area contributed by atoms with Crippen LogP contribution in [-0.2, 0) is 17.7 Å². The third-order valence-corrected chi connectivity index (χ3v) is 7.93. The molecule has 0 unspecified atom stereocenters. The van der Waals surface area contributed by atoms with E-state index in [1.807, 2.05) is 35.8 Å². The number of methoxy groups -OCH3 is 1. The Balaban J connectivity index is 1.32. The average Bonchev–Trinajstić information content (AvgIpc) is 3.65. The molecule has 4 aromatic rings. The van der Waals surface area contributed by atoms with Crippen molar-refractivity contribution >= 4 is 17.0 Å². The maximum absolute atomic E-state index is 15.4. The smallest absolute Gasteiger partial charge is 0.335 e. The third-order valence-electron chi connectivity index (χ3n) is 7.93. The number of aromatic nitrogens is 3. The van der Waals surface area contributed by atoms with E-state index in [0.717, 1.165) is 5.57 Å². The molecule has 0 amide bonds. The lowest BCUT2D eigenvalue weighted by atomic mass is 9.97. The van der Waals surface area contributed by atoms with E-state index in [9.17, 15) is 9.90 Å². The number of rotatable bonds is 13. The van der Waals surface area contributed by atoms with Gasteiger partial charge in [-0.05, 0) is 72.2 Å². The van der Waals surface area contributed by atoms with E-state index in [0.29, 0.717) is 59.3 Å². The number of fused-ring (bicyclic) bond motifs is 1. The van der Waals surface area contributed by atoms with Crippen LogP contribution in [0.4, 0.5) is 4.39 Å². The summed E-state index contributed by atoms with van der Waals surface area (Å²) in [6.45, 7) is 9.47. The van der Waals surface area contributed by atoms with Gasteiger partial charge >= 0.3 is 5.97 Å². The molecule has 1 aliphatic rings. The van der Waals surface area contributed by atoms with Gasteiger partial charge in [-0.1, -0.05) is 49.9 Å². The Hall–Kier alpha value is -4.56. The number of halogens is 1. The number of carboxylic acids is 1. The lowest BCUT2D eigenvalue weighted by Crippen LogP contribution is -2.10. The molecular formula is C35H36FN3O4. The van der Waals surface area contributed by atoms with Gasteiger partial charge in [-0.15, -0.1) is 0 Å². The summed E-state index contributed by atoms with van der Waals surface area (Å²) in [6, 6.07) is 15.3. The Bertz CT molecular complexity index is 1730. The molecule has 1 aliphatic carbocycles. The zero-order chi connectivity index (χ0) is 30.6. The van der Waals surface area contributed by atoms with Gasteiger partial charge in [0, 0.05) is 31.7 Å².